The van der Waals surface area contributed by atoms with Gasteiger partial charge in [-0.3, -0.25) is 4.90 Å². The lowest BCUT2D eigenvalue weighted by Gasteiger charge is -2.37. The Hall–Kier alpha value is -0.120. The lowest BCUT2D eigenvalue weighted by molar-refractivity contribution is -0.0409. The fraction of sp³-hybridized carbons (Fsp3) is 1.00. The molecule has 0 saturated carbocycles. The van der Waals surface area contributed by atoms with E-state index in [1.54, 1.807) is 0 Å². The first-order valence-corrected chi connectivity index (χ1v) is 4.20. The highest BCUT2D eigenvalue weighted by Gasteiger charge is 2.23. The van der Waals surface area contributed by atoms with Crippen molar-refractivity contribution in [3.05, 3.63) is 0 Å². The molecule has 3 nitrogen and oxygen atoms in total. The van der Waals surface area contributed by atoms with Crippen molar-refractivity contribution in [2.24, 2.45) is 0 Å². The molecule has 1 atom stereocenters. The summed E-state index contributed by atoms with van der Waals surface area (Å²) in [5.41, 5.74) is 0. The highest BCUT2D eigenvalue weighted by atomic mass is 16.5. The number of ether oxygens (including phenoxy) is 1. The quantitative estimate of drug-likeness (QED) is 0.619. The van der Waals surface area contributed by atoms with Crippen LogP contribution in [0.1, 0.15) is 13.8 Å². The maximum Gasteiger partial charge on any atom is 0.0644 e. The van der Waals surface area contributed by atoms with Gasteiger partial charge >= 0.3 is 0 Å². The number of rotatable bonds is 2. The highest BCUT2D eigenvalue weighted by Crippen LogP contribution is 2.09. The summed E-state index contributed by atoms with van der Waals surface area (Å²) in [7, 11) is 0. The number of hydrogen-bond donors (Lipinski definition) is 1. The summed E-state index contributed by atoms with van der Waals surface area (Å²) in [6.07, 6.45) is 0. The van der Waals surface area contributed by atoms with Crippen LogP contribution in [0.15, 0.2) is 0 Å². The van der Waals surface area contributed by atoms with Crippen LogP contribution >= 0.6 is 0 Å². The summed E-state index contributed by atoms with van der Waals surface area (Å²) in [6.45, 7) is 6.92. The van der Waals surface area contributed by atoms with Gasteiger partial charge in [-0.05, 0) is 13.8 Å². The Bertz CT molecular complexity index is 117. The summed E-state index contributed by atoms with van der Waals surface area (Å²) < 4.78 is 5.25. The first kappa shape index (κ1) is 8.97. The van der Waals surface area contributed by atoms with Gasteiger partial charge in [0.25, 0.3) is 0 Å². The van der Waals surface area contributed by atoms with Gasteiger partial charge in [0.1, 0.15) is 0 Å². The minimum Gasteiger partial charge on any atom is -0.395 e. The second kappa shape index (κ2) is 4.04. The zero-order valence-electron chi connectivity index (χ0n) is 7.29. The zero-order chi connectivity index (χ0) is 8.27. The molecule has 1 N–H and O–H groups in total. The molecule has 11 heavy (non-hydrogen) atoms. The monoisotopic (exact) mass is 159 g/mol. The van der Waals surface area contributed by atoms with Crippen molar-refractivity contribution in [3.63, 3.8) is 0 Å². The number of hydrogen-bond acceptors (Lipinski definition) is 3. The van der Waals surface area contributed by atoms with Crippen molar-refractivity contribution in [2.75, 3.05) is 26.4 Å². The van der Waals surface area contributed by atoms with Gasteiger partial charge in [0.05, 0.1) is 25.9 Å². The van der Waals surface area contributed by atoms with Crippen LogP contribution in [0.3, 0.4) is 0 Å². The van der Waals surface area contributed by atoms with Crippen LogP contribution in [0.2, 0.25) is 0 Å². The van der Waals surface area contributed by atoms with Crippen molar-refractivity contribution in [1.82, 2.24) is 4.90 Å². The number of aliphatic hydroxyl groups excluding tert-OH is 1. The second-order valence-electron chi connectivity index (χ2n) is 3.24. The third-order valence-electron chi connectivity index (χ3n) is 2.15. The van der Waals surface area contributed by atoms with Gasteiger partial charge < -0.3 is 9.84 Å². The first-order valence-electron chi connectivity index (χ1n) is 4.20. The molecule has 0 aromatic rings. The predicted octanol–water partition coefficient (Wildman–Crippen LogP) is 0.0879. The largest absolute Gasteiger partial charge is 0.395 e. The summed E-state index contributed by atoms with van der Waals surface area (Å²) in [6, 6.07) is 0.722. The third-order valence-corrected chi connectivity index (χ3v) is 2.15. The van der Waals surface area contributed by atoms with Gasteiger partial charge in [0, 0.05) is 12.6 Å². The van der Waals surface area contributed by atoms with E-state index in [0.717, 1.165) is 13.2 Å². The van der Waals surface area contributed by atoms with Crippen molar-refractivity contribution < 1.29 is 9.84 Å². The van der Waals surface area contributed by atoms with Gasteiger partial charge in [-0.2, -0.15) is 0 Å². The fourth-order valence-electron chi connectivity index (χ4n) is 1.51. The lowest BCUT2D eigenvalue weighted by atomic mass is 10.2. The SMILES string of the molecule is CC(C)N1CCOCC1CO. The molecule has 1 rings (SSSR count). The van der Waals surface area contributed by atoms with E-state index < -0.39 is 0 Å². The third kappa shape index (κ3) is 2.15. The molecule has 1 fully saturated rings. The molecule has 1 aliphatic heterocycles. The average molecular weight is 159 g/mol. The Kier molecular flexibility index (Phi) is 3.30. The van der Waals surface area contributed by atoms with Crippen LogP contribution in [0.4, 0.5) is 0 Å². The van der Waals surface area contributed by atoms with E-state index in [1.165, 1.54) is 0 Å². The van der Waals surface area contributed by atoms with Gasteiger partial charge in [0.15, 0.2) is 0 Å². The minimum absolute atomic E-state index is 0.207. The molecular formula is C8H17NO2. The molecule has 0 amide bonds. The standard InChI is InChI=1S/C8H17NO2/c1-7(2)9-3-4-11-6-8(9)5-10/h7-8,10H,3-6H2,1-2H3. The summed E-state index contributed by atoms with van der Waals surface area (Å²) >= 11 is 0. The topological polar surface area (TPSA) is 32.7 Å². The van der Waals surface area contributed by atoms with E-state index in [0.29, 0.717) is 12.6 Å². The Morgan fingerprint density at radius 1 is 1.64 bits per heavy atom. The van der Waals surface area contributed by atoms with Crippen molar-refractivity contribution in [1.29, 1.82) is 0 Å². The zero-order valence-corrected chi connectivity index (χ0v) is 7.29. The molecule has 0 aliphatic carbocycles. The second-order valence-corrected chi connectivity index (χ2v) is 3.24. The highest BCUT2D eigenvalue weighted by molar-refractivity contribution is 4.76. The van der Waals surface area contributed by atoms with Crippen molar-refractivity contribution in [2.45, 2.75) is 25.9 Å². The van der Waals surface area contributed by atoms with Crippen LogP contribution < -0.4 is 0 Å². The summed E-state index contributed by atoms with van der Waals surface area (Å²) in [5.74, 6) is 0. The van der Waals surface area contributed by atoms with Gasteiger partial charge in [-0.1, -0.05) is 0 Å². The lowest BCUT2D eigenvalue weighted by Crippen LogP contribution is -2.50. The van der Waals surface area contributed by atoms with E-state index >= 15 is 0 Å². The molecule has 0 spiro atoms. The van der Waals surface area contributed by atoms with Crippen LogP contribution in [0.25, 0.3) is 0 Å². The Morgan fingerprint density at radius 3 is 2.82 bits per heavy atom. The van der Waals surface area contributed by atoms with Gasteiger partial charge in [-0.25, -0.2) is 0 Å². The molecule has 3 heteroatoms. The van der Waals surface area contributed by atoms with Crippen LogP contribution in [0, 0.1) is 0 Å². The Balaban J connectivity index is 2.44. The number of aliphatic hydroxyl groups is 1. The van der Waals surface area contributed by atoms with E-state index in [1.807, 2.05) is 0 Å². The van der Waals surface area contributed by atoms with Crippen LogP contribution in [-0.4, -0.2) is 48.5 Å². The van der Waals surface area contributed by atoms with E-state index in [2.05, 4.69) is 18.7 Å². The summed E-state index contributed by atoms with van der Waals surface area (Å²) in [4.78, 5) is 2.28. The predicted molar refractivity (Wildman–Crippen MR) is 43.5 cm³/mol. The normalized spacial score (nSPS) is 27.8. The molecular weight excluding hydrogens is 142 g/mol. The Labute approximate surface area is 68.0 Å². The first-order chi connectivity index (χ1) is 5.25. The molecule has 1 unspecified atom stereocenters. The molecule has 0 aromatic carbocycles. The number of morpholine rings is 1. The molecule has 1 aliphatic rings. The molecule has 0 bridgehead atoms. The molecule has 0 radical (unpaired) electrons. The van der Waals surface area contributed by atoms with Gasteiger partial charge in [0.2, 0.25) is 0 Å². The minimum atomic E-state index is 0.207. The van der Waals surface area contributed by atoms with E-state index in [-0.39, 0.29) is 12.6 Å². The summed E-state index contributed by atoms with van der Waals surface area (Å²) in [5, 5.41) is 8.99. The maximum absolute atomic E-state index is 8.99. The van der Waals surface area contributed by atoms with E-state index in [9.17, 15) is 0 Å². The molecule has 1 heterocycles. The average Bonchev–Trinajstić information content (AvgIpc) is 2.04. The smallest absolute Gasteiger partial charge is 0.0644 e. The van der Waals surface area contributed by atoms with Crippen molar-refractivity contribution >= 4 is 0 Å². The molecule has 0 aromatic heterocycles. The van der Waals surface area contributed by atoms with E-state index in [4.69, 9.17) is 9.84 Å². The van der Waals surface area contributed by atoms with Crippen LogP contribution in [0.5, 0.6) is 0 Å². The van der Waals surface area contributed by atoms with Crippen LogP contribution in [-0.2, 0) is 4.74 Å². The fourth-order valence-corrected chi connectivity index (χ4v) is 1.51. The Morgan fingerprint density at radius 2 is 2.36 bits per heavy atom. The molecule has 66 valence electrons. The number of nitrogens with zero attached hydrogens (tertiary/aromatic N) is 1. The molecule has 1 saturated heterocycles. The maximum atomic E-state index is 8.99. The van der Waals surface area contributed by atoms with Gasteiger partial charge in [-0.15, -0.1) is 0 Å². The van der Waals surface area contributed by atoms with Crippen molar-refractivity contribution in [3.8, 4) is 0 Å².